The molecular formula is C16H18N6O2S2. The van der Waals surface area contributed by atoms with Gasteiger partial charge in [-0.1, -0.05) is 11.8 Å². The highest BCUT2D eigenvalue weighted by Crippen LogP contribution is 2.46. The first kappa shape index (κ1) is 17.4. The van der Waals surface area contributed by atoms with Gasteiger partial charge in [-0.2, -0.15) is 0 Å². The average molecular weight is 390 g/mol. The molecule has 3 unspecified atom stereocenters. The quantitative estimate of drug-likeness (QED) is 0.822. The lowest BCUT2D eigenvalue weighted by molar-refractivity contribution is -0.0466. The van der Waals surface area contributed by atoms with E-state index in [9.17, 15) is 4.79 Å². The zero-order chi connectivity index (χ0) is 18.1. The predicted molar refractivity (Wildman–Crippen MR) is 101 cm³/mol. The maximum atomic E-state index is 12.2. The van der Waals surface area contributed by atoms with Gasteiger partial charge in [0.25, 0.3) is 5.91 Å². The molecule has 8 nitrogen and oxygen atoms in total. The molecule has 0 spiro atoms. The number of thioether (sulfide) groups is 1. The Morgan fingerprint density at radius 3 is 3.04 bits per heavy atom. The van der Waals surface area contributed by atoms with E-state index in [4.69, 9.17) is 15.5 Å². The fraction of sp³-hybridized carbons (Fsp3) is 0.438. The Morgan fingerprint density at radius 1 is 1.42 bits per heavy atom. The third-order valence-electron chi connectivity index (χ3n) is 4.51. The zero-order valence-corrected chi connectivity index (χ0v) is 15.7. The summed E-state index contributed by atoms with van der Waals surface area (Å²) in [5.74, 6) is 1.36. The standard InChI is InChI=1S/C16H18N6O2S2/c1-9-5-10-6-26-15(17)22-16(10,8-24-9)14-21-11(7-25-14)20-13(23)12-18-3-2-4-19-12/h2-4,7,9-10H,5-6,8H2,1H3,(H2,17,22)(H,20,23). The second kappa shape index (κ2) is 6.93. The van der Waals surface area contributed by atoms with Gasteiger partial charge in [0.05, 0.1) is 12.7 Å². The van der Waals surface area contributed by atoms with E-state index in [0.29, 0.717) is 23.5 Å². The van der Waals surface area contributed by atoms with E-state index in [-0.39, 0.29) is 11.9 Å². The van der Waals surface area contributed by atoms with Gasteiger partial charge >= 0.3 is 0 Å². The highest BCUT2D eigenvalue weighted by Gasteiger charge is 2.49. The van der Waals surface area contributed by atoms with Crippen LogP contribution in [0.2, 0.25) is 0 Å². The van der Waals surface area contributed by atoms with Crippen molar-refractivity contribution in [2.45, 2.75) is 25.0 Å². The number of hydrogen-bond acceptors (Lipinski definition) is 9. The number of ether oxygens (including phenoxy) is 1. The highest BCUT2D eigenvalue weighted by molar-refractivity contribution is 8.13. The lowest BCUT2D eigenvalue weighted by atomic mass is 9.80. The van der Waals surface area contributed by atoms with Crippen LogP contribution in [0.15, 0.2) is 28.8 Å². The molecule has 2 aliphatic rings. The van der Waals surface area contributed by atoms with Crippen LogP contribution in [0.5, 0.6) is 0 Å². The minimum absolute atomic E-state index is 0.101. The van der Waals surface area contributed by atoms with Crippen molar-refractivity contribution in [3.05, 3.63) is 34.7 Å². The Kier molecular flexibility index (Phi) is 4.63. The van der Waals surface area contributed by atoms with E-state index in [2.05, 4.69) is 27.2 Å². The predicted octanol–water partition coefficient (Wildman–Crippen LogP) is 1.87. The van der Waals surface area contributed by atoms with Crippen LogP contribution >= 0.6 is 23.1 Å². The molecule has 136 valence electrons. The molecular weight excluding hydrogens is 372 g/mol. The molecule has 4 rings (SSSR count). The minimum Gasteiger partial charge on any atom is -0.379 e. The molecule has 1 amide bonds. The summed E-state index contributed by atoms with van der Waals surface area (Å²) < 4.78 is 5.90. The van der Waals surface area contributed by atoms with Crippen LogP contribution in [0, 0.1) is 5.92 Å². The van der Waals surface area contributed by atoms with Crippen molar-refractivity contribution in [3.8, 4) is 0 Å². The van der Waals surface area contributed by atoms with Gasteiger partial charge in [0, 0.05) is 29.4 Å². The highest BCUT2D eigenvalue weighted by atomic mass is 32.2. The summed E-state index contributed by atoms with van der Waals surface area (Å²) in [6.45, 7) is 2.52. The van der Waals surface area contributed by atoms with Gasteiger partial charge in [-0.25, -0.2) is 19.9 Å². The number of fused-ring (bicyclic) bond motifs is 1. The molecule has 3 N–H and O–H groups in total. The van der Waals surface area contributed by atoms with Crippen LogP contribution in [0.25, 0.3) is 0 Å². The normalized spacial score (nSPS) is 28.1. The third-order valence-corrected chi connectivity index (χ3v) is 6.47. The number of amides is 1. The first-order valence-corrected chi connectivity index (χ1v) is 10.1. The van der Waals surface area contributed by atoms with Gasteiger partial charge in [-0.3, -0.25) is 4.79 Å². The first-order chi connectivity index (χ1) is 12.6. The third kappa shape index (κ3) is 3.19. The van der Waals surface area contributed by atoms with Crippen molar-refractivity contribution in [1.29, 1.82) is 0 Å². The Hall–Kier alpha value is -2.04. The number of nitrogens with two attached hydrogens (primary N) is 1. The Labute approximate surface area is 158 Å². The van der Waals surface area contributed by atoms with Gasteiger partial charge in [0.2, 0.25) is 5.82 Å². The first-order valence-electron chi connectivity index (χ1n) is 8.21. The van der Waals surface area contributed by atoms with E-state index in [1.165, 1.54) is 23.7 Å². The summed E-state index contributed by atoms with van der Waals surface area (Å²) >= 11 is 3.03. The van der Waals surface area contributed by atoms with Crippen molar-refractivity contribution < 1.29 is 9.53 Å². The molecule has 0 aliphatic carbocycles. The number of nitrogens with one attached hydrogen (secondary N) is 1. The van der Waals surface area contributed by atoms with Crippen LogP contribution in [-0.2, 0) is 10.3 Å². The second-order valence-corrected chi connectivity index (χ2v) is 8.20. The van der Waals surface area contributed by atoms with E-state index < -0.39 is 11.4 Å². The number of aliphatic imine (C=N–C) groups is 1. The number of rotatable bonds is 3. The van der Waals surface area contributed by atoms with Crippen molar-refractivity contribution in [1.82, 2.24) is 15.0 Å². The summed E-state index contributed by atoms with van der Waals surface area (Å²) in [7, 11) is 0. The largest absolute Gasteiger partial charge is 0.379 e. The lowest BCUT2D eigenvalue weighted by Gasteiger charge is -2.44. The fourth-order valence-electron chi connectivity index (χ4n) is 3.20. The summed E-state index contributed by atoms with van der Waals surface area (Å²) in [4.78, 5) is 29.5. The van der Waals surface area contributed by atoms with Crippen molar-refractivity contribution in [2.75, 3.05) is 17.7 Å². The molecule has 0 bridgehead atoms. The van der Waals surface area contributed by atoms with Gasteiger partial charge in [0.15, 0.2) is 5.17 Å². The van der Waals surface area contributed by atoms with E-state index in [1.54, 1.807) is 23.2 Å². The van der Waals surface area contributed by atoms with Crippen LogP contribution in [-0.4, -0.2) is 44.5 Å². The summed E-state index contributed by atoms with van der Waals surface area (Å²) in [5.41, 5.74) is 5.44. The minimum atomic E-state index is -0.571. The molecule has 26 heavy (non-hydrogen) atoms. The van der Waals surface area contributed by atoms with Gasteiger partial charge in [0.1, 0.15) is 16.4 Å². The Bertz CT molecular complexity index is 842. The fourth-order valence-corrected chi connectivity index (χ4v) is 5.17. The maximum absolute atomic E-state index is 12.2. The van der Waals surface area contributed by atoms with Gasteiger partial charge in [-0.05, 0) is 19.4 Å². The summed E-state index contributed by atoms with van der Waals surface area (Å²) in [6.07, 6.45) is 4.14. The molecule has 2 aliphatic heterocycles. The molecule has 2 aromatic heterocycles. The number of amidine groups is 1. The second-order valence-electron chi connectivity index (χ2n) is 6.30. The molecule has 1 saturated heterocycles. The molecule has 2 aromatic rings. The van der Waals surface area contributed by atoms with Crippen molar-refractivity contribution >= 4 is 40.0 Å². The Morgan fingerprint density at radius 2 is 2.23 bits per heavy atom. The van der Waals surface area contributed by atoms with E-state index in [1.807, 2.05) is 0 Å². The number of carbonyl (C=O) groups excluding carboxylic acids is 1. The van der Waals surface area contributed by atoms with Gasteiger partial charge < -0.3 is 15.8 Å². The monoisotopic (exact) mass is 390 g/mol. The summed E-state index contributed by atoms with van der Waals surface area (Å²) in [6, 6.07) is 1.66. The maximum Gasteiger partial charge on any atom is 0.294 e. The van der Waals surface area contributed by atoms with Gasteiger partial charge in [-0.15, -0.1) is 11.3 Å². The Balaban J connectivity index is 1.60. The van der Waals surface area contributed by atoms with Crippen LogP contribution < -0.4 is 11.1 Å². The molecule has 0 aromatic carbocycles. The molecule has 1 fully saturated rings. The van der Waals surface area contributed by atoms with Crippen LogP contribution in [0.3, 0.4) is 0 Å². The molecule has 0 saturated carbocycles. The SMILES string of the molecule is CC1CC2CSC(N)=NC2(c2nc(NC(=O)c3ncccn3)cs2)CO1. The molecule has 10 heteroatoms. The topological polar surface area (TPSA) is 115 Å². The number of nitrogens with zero attached hydrogens (tertiary/aromatic N) is 4. The van der Waals surface area contributed by atoms with Crippen LogP contribution in [0.1, 0.15) is 29.0 Å². The van der Waals surface area contributed by atoms with E-state index >= 15 is 0 Å². The number of hydrogen-bond donors (Lipinski definition) is 2. The summed E-state index contributed by atoms with van der Waals surface area (Å²) in [5, 5.41) is 5.90. The zero-order valence-electron chi connectivity index (χ0n) is 14.1. The molecule has 4 heterocycles. The smallest absolute Gasteiger partial charge is 0.294 e. The lowest BCUT2D eigenvalue weighted by Crippen LogP contribution is -2.49. The van der Waals surface area contributed by atoms with Crippen molar-refractivity contribution in [3.63, 3.8) is 0 Å². The van der Waals surface area contributed by atoms with Crippen molar-refractivity contribution in [2.24, 2.45) is 16.6 Å². The number of aromatic nitrogens is 3. The molecule has 3 atom stereocenters. The van der Waals surface area contributed by atoms with Crippen LogP contribution in [0.4, 0.5) is 5.82 Å². The number of carbonyl (C=O) groups is 1. The average Bonchev–Trinajstić information content (AvgIpc) is 3.12. The number of anilines is 1. The van der Waals surface area contributed by atoms with E-state index in [0.717, 1.165) is 17.2 Å². The number of thiazole rings is 1. The molecule has 0 radical (unpaired) electrons.